The van der Waals surface area contributed by atoms with Crippen molar-refractivity contribution in [2.45, 2.75) is 25.3 Å². The average molecular weight is 350 g/mol. The Balaban J connectivity index is 1.75. The molecule has 2 N–H and O–H groups in total. The van der Waals surface area contributed by atoms with Crippen molar-refractivity contribution in [2.24, 2.45) is 0 Å². The fraction of sp³-hybridized carbons (Fsp3) is 0.350. The summed E-state index contributed by atoms with van der Waals surface area (Å²) in [5, 5.41) is 15.7. The third-order valence-corrected chi connectivity index (χ3v) is 5.27. The van der Waals surface area contributed by atoms with Crippen LogP contribution in [-0.4, -0.2) is 52.1 Å². The van der Waals surface area contributed by atoms with E-state index < -0.39 is 5.97 Å². The van der Waals surface area contributed by atoms with Gasteiger partial charge in [0, 0.05) is 41.1 Å². The predicted molar refractivity (Wildman–Crippen MR) is 103 cm³/mol. The Hall–Kier alpha value is -2.73. The lowest BCUT2D eigenvalue weighted by Crippen LogP contribution is -2.40. The molecule has 3 heterocycles. The number of aromatic nitrogens is 2. The van der Waals surface area contributed by atoms with Gasteiger partial charge in [0.2, 0.25) is 0 Å². The number of hydrogen-bond donors (Lipinski definition) is 2. The molecule has 1 saturated heterocycles. The van der Waals surface area contributed by atoms with Crippen molar-refractivity contribution in [3.8, 4) is 0 Å². The number of aromatic carboxylic acids is 1. The van der Waals surface area contributed by atoms with E-state index in [4.69, 9.17) is 4.98 Å². The van der Waals surface area contributed by atoms with Crippen molar-refractivity contribution < 1.29 is 9.90 Å². The molecule has 1 aliphatic rings. The van der Waals surface area contributed by atoms with Gasteiger partial charge in [-0.05, 0) is 44.6 Å². The Labute approximate surface area is 151 Å². The first-order valence-electron chi connectivity index (χ1n) is 8.98. The number of anilines is 1. The van der Waals surface area contributed by atoms with E-state index in [0.29, 0.717) is 11.6 Å². The molecule has 3 aromatic rings. The Bertz CT molecular complexity index is 973. The number of benzene rings is 1. The lowest BCUT2D eigenvalue weighted by molar-refractivity contribution is 0.0697. The summed E-state index contributed by atoms with van der Waals surface area (Å²) in [6, 6.07) is 7.50. The van der Waals surface area contributed by atoms with Gasteiger partial charge in [-0.2, -0.15) is 0 Å². The smallest absolute Gasteiger partial charge is 0.335 e. The van der Waals surface area contributed by atoms with Gasteiger partial charge in [-0.1, -0.05) is 12.5 Å². The summed E-state index contributed by atoms with van der Waals surface area (Å²) < 4.78 is 0. The molecule has 0 saturated carbocycles. The van der Waals surface area contributed by atoms with Crippen molar-refractivity contribution in [3.05, 3.63) is 42.2 Å². The normalized spacial score (nSPS) is 18.3. The molecule has 1 aromatic carbocycles. The first-order valence-corrected chi connectivity index (χ1v) is 8.98. The maximum Gasteiger partial charge on any atom is 0.335 e. The molecule has 0 amide bonds. The quantitative estimate of drug-likeness (QED) is 0.703. The van der Waals surface area contributed by atoms with Crippen LogP contribution in [0, 0.1) is 0 Å². The van der Waals surface area contributed by atoms with Crippen LogP contribution in [0.4, 0.5) is 5.82 Å². The van der Waals surface area contributed by atoms with Crippen LogP contribution in [0.1, 0.15) is 29.6 Å². The van der Waals surface area contributed by atoms with Gasteiger partial charge in [0.1, 0.15) is 5.82 Å². The van der Waals surface area contributed by atoms with E-state index in [0.717, 1.165) is 35.1 Å². The van der Waals surface area contributed by atoms with Crippen molar-refractivity contribution in [1.29, 1.82) is 0 Å². The summed E-state index contributed by atoms with van der Waals surface area (Å²) in [5.41, 5.74) is 0.913. The number of carbonyl (C=O) groups is 1. The zero-order chi connectivity index (χ0) is 18.1. The van der Waals surface area contributed by atoms with Crippen LogP contribution in [0.5, 0.6) is 0 Å². The minimum Gasteiger partial charge on any atom is -0.478 e. The number of carboxylic acid groups (broad SMARTS) is 1. The van der Waals surface area contributed by atoms with Crippen molar-refractivity contribution in [2.75, 3.05) is 25.5 Å². The summed E-state index contributed by atoms with van der Waals surface area (Å²) in [5.74, 6) is -0.158. The summed E-state index contributed by atoms with van der Waals surface area (Å²) in [7, 11) is 2.17. The van der Waals surface area contributed by atoms with E-state index in [1.54, 1.807) is 18.3 Å². The number of rotatable bonds is 4. The second-order valence-corrected chi connectivity index (χ2v) is 6.93. The Morgan fingerprint density at radius 3 is 2.96 bits per heavy atom. The predicted octanol–water partition coefficient (Wildman–Crippen LogP) is 3.38. The van der Waals surface area contributed by atoms with Crippen molar-refractivity contribution in [1.82, 2.24) is 14.9 Å². The molecule has 1 aliphatic heterocycles. The minimum atomic E-state index is -0.946. The van der Waals surface area contributed by atoms with Crippen LogP contribution < -0.4 is 5.32 Å². The van der Waals surface area contributed by atoms with E-state index in [1.165, 1.54) is 19.3 Å². The second-order valence-electron chi connectivity index (χ2n) is 6.93. The molecule has 2 aromatic heterocycles. The highest BCUT2D eigenvalue weighted by Gasteiger charge is 2.19. The van der Waals surface area contributed by atoms with Crippen LogP contribution in [-0.2, 0) is 0 Å². The standard InChI is InChI=1S/C20H22N4O2/c1-24-9-3-2-4-14(24)11-22-19-16-7-8-21-12-17(16)15-6-5-13(20(25)26)10-18(15)23-19/h5-8,10,12,14H,2-4,9,11H2,1H3,(H,22,23)(H,25,26). The lowest BCUT2D eigenvalue weighted by Gasteiger charge is -2.32. The van der Waals surface area contributed by atoms with Crippen LogP contribution in [0.2, 0.25) is 0 Å². The topological polar surface area (TPSA) is 78.4 Å². The van der Waals surface area contributed by atoms with Gasteiger partial charge in [-0.15, -0.1) is 0 Å². The van der Waals surface area contributed by atoms with E-state index in [-0.39, 0.29) is 5.56 Å². The molecule has 134 valence electrons. The molecule has 1 unspecified atom stereocenters. The average Bonchev–Trinajstić information content (AvgIpc) is 2.66. The zero-order valence-electron chi connectivity index (χ0n) is 14.8. The van der Waals surface area contributed by atoms with E-state index >= 15 is 0 Å². The molecule has 0 aliphatic carbocycles. The Morgan fingerprint density at radius 2 is 2.15 bits per heavy atom. The van der Waals surface area contributed by atoms with Crippen molar-refractivity contribution in [3.63, 3.8) is 0 Å². The maximum atomic E-state index is 11.3. The van der Waals surface area contributed by atoms with Gasteiger partial charge in [-0.25, -0.2) is 9.78 Å². The number of carboxylic acids is 1. The molecular weight excluding hydrogens is 328 g/mol. The van der Waals surface area contributed by atoms with Gasteiger partial charge in [0.15, 0.2) is 0 Å². The monoisotopic (exact) mass is 350 g/mol. The van der Waals surface area contributed by atoms with Gasteiger partial charge in [0.25, 0.3) is 0 Å². The first kappa shape index (κ1) is 16.7. The largest absolute Gasteiger partial charge is 0.478 e. The molecule has 6 nitrogen and oxygen atoms in total. The first-order chi connectivity index (χ1) is 12.6. The highest BCUT2D eigenvalue weighted by Crippen LogP contribution is 2.29. The third kappa shape index (κ3) is 3.08. The summed E-state index contributed by atoms with van der Waals surface area (Å²) >= 11 is 0. The minimum absolute atomic E-state index is 0.242. The summed E-state index contributed by atoms with van der Waals surface area (Å²) in [4.78, 5) is 22.7. The highest BCUT2D eigenvalue weighted by atomic mass is 16.4. The summed E-state index contributed by atoms with van der Waals surface area (Å²) in [6.07, 6.45) is 7.28. The Morgan fingerprint density at radius 1 is 1.27 bits per heavy atom. The van der Waals surface area contributed by atoms with Gasteiger partial charge in [0.05, 0.1) is 11.1 Å². The van der Waals surface area contributed by atoms with Crippen LogP contribution in [0.25, 0.3) is 21.7 Å². The number of hydrogen-bond acceptors (Lipinski definition) is 5. The summed E-state index contributed by atoms with van der Waals surface area (Å²) in [6.45, 7) is 1.95. The molecule has 26 heavy (non-hydrogen) atoms. The van der Waals surface area contributed by atoms with Gasteiger partial charge >= 0.3 is 5.97 Å². The molecule has 6 heteroatoms. The number of nitrogens with one attached hydrogen (secondary N) is 1. The molecule has 4 rings (SSSR count). The van der Waals surface area contributed by atoms with Crippen LogP contribution in [0.3, 0.4) is 0 Å². The van der Waals surface area contributed by atoms with Crippen LogP contribution >= 0.6 is 0 Å². The van der Waals surface area contributed by atoms with E-state index in [1.807, 2.05) is 18.3 Å². The van der Waals surface area contributed by atoms with Crippen LogP contribution in [0.15, 0.2) is 36.7 Å². The Kier molecular flexibility index (Phi) is 4.42. The number of pyridine rings is 2. The van der Waals surface area contributed by atoms with Gasteiger partial charge in [-0.3, -0.25) is 4.98 Å². The highest BCUT2D eigenvalue weighted by molar-refractivity contribution is 6.10. The second kappa shape index (κ2) is 6.88. The third-order valence-electron chi connectivity index (χ3n) is 5.27. The van der Waals surface area contributed by atoms with E-state index in [2.05, 4.69) is 22.2 Å². The zero-order valence-corrected chi connectivity index (χ0v) is 14.8. The fourth-order valence-electron chi connectivity index (χ4n) is 3.73. The molecule has 1 fully saturated rings. The molecule has 0 radical (unpaired) electrons. The maximum absolute atomic E-state index is 11.3. The number of likely N-dealkylation sites (tertiary alicyclic amines) is 1. The number of likely N-dealkylation sites (N-methyl/N-ethyl adjacent to an activating group) is 1. The molecule has 1 atom stereocenters. The molecule has 0 spiro atoms. The molecular formula is C20H22N4O2. The fourth-order valence-corrected chi connectivity index (χ4v) is 3.73. The number of piperidine rings is 1. The number of nitrogens with zero attached hydrogens (tertiary/aromatic N) is 3. The van der Waals surface area contributed by atoms with E-state index in [9.17, 15) is 9.90 Å². The van der Waals surface area contributed by atoms with Crippen molar-refractivity contribution >= 4 is 33.5 Å². The van der Waals surface area contributed by atoms with Gasteiger partial charge < -0.3 is 15.3 Å². The lowest BCUT2D eigenvalue weighted by atomic mass is 10.0. The molecule has 0 bridgehead atoms. The SMILES string of the molecule is CN1CCCCC1CNc1nc2cc(C(=O)O)ccc2c2cnccc12. The number of fused-ring (bicyclic) bond motifs is 3.